The van der Waals surface area contributed by atoms with Gasteiger partial charge in [-0.3, -0.25) is 4.79 Å². The summed E-state index contributed by atoms with van der Waals surface area (Å²) in [6.45, 7) is 3.00. The molecule has 4 rings (SSSR count). The van der Waals surface area contributed by atoms with Gasteiger partial charge in [0.1, 0.15) is 0 Å². The number of piperidine rings is 1. The number of carbonyl (C=O) groups excluding carboxylic acids is 1. The molecule has 1 aliphatic carbocycles. The average molecular weight is 334 g/mol. The molecule has 1 spiro atoms. The quantitative estimate of drug-likeness (QED) is 0.908. The summed E-state index contributed by atoms with van der Waals surface area (Å²) in [4.78, 5) is 22.4. The number of amides is 1. The monoisotopic (exact) mass is 334 g/mol. The Bertz CT molecular complexity index is 597. The summed E-state index contributed by atoms with van der Waals surface area (Å²) in [5.41, 5.74) is 0.0966. The van der Waals surface area contributed by atoms with Gasteiger partial charge in [-0.1, -0.05) is 0 Å². The molecule has 3 aliphatic rings. The number of nitrogens with zero attached hydrogens (tertiary/aromatic N) is 3. The predicted octanol–water partition coefficient (Wildman–Crippen LogP) is 1.52. The third-order valence-corrected chi connectivity index (χ3v) is 5.68. The number of ether oxygens (including phenoxy) is 1. The molecule has 3 heterocycles. The highest BCUT2D eigenvalue weighted by atomic mass is 19.1. The molecule has 1 saturated carbocycles. The molecule has 1 N–H and O–H groups in total. The molecule has 1 aromatic rings. The zero-order valence-corrected chi connectivity index (χ0v) is 13.7. The van der Waals surface area contributed by atoms with Crippen LogP contribution in [0.5, 0.6) is 0 Å². The number of anilines is 1. The van der Waals surface area contributed by atoms with E-state index in [-0.39, 0.29) is 23.3 Å². The minimum absolute atomic E-state index is 0.0932. The van der Waals surface area contributed by atoms with Gasteiger partial charge in [0.2, 0.25) is 11.9 Å². The van der Waals surface area contributed by atoms with Crippen LogP contribution in [0.2, 0.25) is 0 Å². The van der Waals surface area contributed by atoms with Crippen LogP contribution in [0.25, 0.3) is 0 Å². The van der Waals surface area contributed by atoms with Crippen LogP contribution in [0, 0.1) is 17.2 Å². The molecule has 0 bridgehead atoms. The first-order chi connectivity index (χ1) is 11.7. The third-order valence-electron chi connectivity index (χ3n) is 5.68. The number of nitrogens with one attached hydrogen (secondary N) is 1. The minimum atomic E-state index is -0.417. The molecule has 1 amide bonds. The Balaban J connectivity index is 1.42. The zero-order valence-electron chi connectivity index (χ0n) is 13.7. The first-order valence-corrected chi connectivity index (χ1v) is 8.77. The van der Waals surface area contributed by atoms with E-state index in [2.05, 4.69) is 20.2 Å². The molecule has 0 radical (unpaired) electrons. The summed E-state index contributed by atoms with van der Waals surface area (Å²) in [6, 6.07) is 0.0932. The van der Waals surface area contributed by atoms with Gasteiger partial charge in [-0.25, -0.2) is 14.4 Å². The summed E-state index contributed by atoms with van der Waals surface area (Å²) in [5, 5.41) is 3.24. The van der Waals surface area contributed by atoms with E-state index in [4.69, 9.17) is 4.74 Å². The number of hydrogen-bond donors (Lipinski definition) is 1. The first-order valence-electron chi connectivity index (χ1n) is 8.77. The lowest BCUT2D eigenvalue weighted by Gasteiger charge is -2.49. The van der Waals surface area contributed by atoms with Crippen molar-refractivity contribution in [3.63, 3.8) is 0 Å². The van der Waals surface area contributed by atoms with Crippen molar-refractivity contribution < 1.29 is 13.9 Å². The van der Waals surface area contributed by atoms with Crippen LogP contribution in [0.15, 0.2) is 12.4 Å². The van der Waals surface area contributed by atoms with E-state index in [1.165, 1.54) is 12.4 Å². The summed E-state index contributed by atoms with van der Waals surface area (Å²) >= 11 is 0. The number of hydrogen-bond acceptors (Lipinski definition) is 5. The van der Waals surface area contributed by atoms with Crippen molar-refractivity contribution in [2.75, 3.05) is 31.2 Å². The van der Waals surface area contributed by atoms with E-state index in [0.717, 1.165) is 51.8 Å². The number of rotatable bonds is 3. The highest BCUT2D eigenvalue weighted by molar-refractivity contribution is 5.81. The average Bonchev–Trinajstić information content (AvgIpc) is 3.44. The largest absolute Gasteiger partial charge is 0.379 e. The minimum Gasteiger partial charge on any atom is -0.379 e. The number of carbonyl (C=O) groups is 1. The van der Waals surface area contributed by atoms with Crippen LogP contribution >= 0.6 is 0 Å². The van der Waals surface area contributed by atoms with Gasteiger partial charge in [0, 0.05) is 25.6 Å². The Hall–Kier alpha value is -1.76. The fourth-order valence-corrected chi connectivity index (χ4v) is 3.88. The van der Waals surface area contributed by atoms with Crippen molar-refractivity contribution >= 4 is 11.9 Å². The Morgan fingerprint density at radius 3 is 2.62 bits per heavy atom. The Morgan fingerprint density at radius 1 is 1.25 bits per heavy atom. The van der Waals surface area contributed by atoms with Gasteiger partial charge < -0.3 is 15.0 Å². The first kappa shape index (κ1) is 15.7. The Kier molecular flexibility index (Phi) is 4.12. The van der Waals surface area contributed by atoms with Gasteiger partial charge in [-0.2, -0.15) is 0 Å². The van der Waals surface area contributed by atoms with Crippen LogP contribution in [-0.2, 0) is 9.53 Å². The maximum Gasteiger partial charge on any atom is 0.225 e. The summed E-state index contributed by atoms with van der Waals surface area (Å²) in [5.74, 6) is 0.572. The highest BCUT2D eigenvalue weighted by Crippen LogP contribution is 2.42. The zero-order chi connectivity index (χ0) is 16.6. The van der Waals surface area contributed by atoms with Crippen molar-refractivity contribution in [2.24, 2.45) is 11.3 Å². The van der Waals surface area contributed by atoms with E-state index in [0.29, 0.717) is 12.6 Å². The van der Waals surface area contributed by atoms with E-state index in [1.807, 2.05) is 0 Å². The maximum atomic E-state index is 13.0. The molecule has 3 fully saturated rings. The molecule has 7 heteroatoms. The Morgan fingerprint density at radius 2 is 1.96 bits per heavy atom. The SMILES string of the molecule is O=C(NC1COCCC12CCN(c1ncc(F)cn1)CC2)C1CC1. The molecule has 0 aromatic carbocycles. The second kappa shape index (κ2) is 6.27. The van der Waals surface area contributed by atoms with Gasteiger partial charge in [0.05, 0.1) is 25.0 Å². The lowest BCUT2D eigenvalue weighted by Crippen LogP contribution is -2.58. The molecular weight excluding hydrogens is 311 g/mol. The van der Waals surface area contributed by atoms with Crippen molar-refractivity contribution in [2.45, 2.75) is 38.1 Å². The number of aromatic nitrogens is 2. The van der Waals surface area contributed by atoms with Crippen molar-refractivity contribution in [1.82, 2.24) is 15.3 Å². The predicted molar refractivity (Wildman–Crippen MR) is 86.0 cm³/mol. The van der Waals surface area contributed by atoms with E-state index < -0.39 is 5.82 Å². The van der Waals surface area contributed by atoms with Crippen molar-refractivity contribution in [3.05, 3.63) is 18.2 Å². The molecular formula is C17H23FN4O2. The maximum absolute atomic E-state index is 13.0. The normalized spacial score (nSPS) is 26.4. The fourth-order valence-electron chi connectivity index (χ4n) is 3.88. The van der Waals surface area contributed by atoms with Crippen LogP contribution in [-0.4, -0.2) is 48.2 Å². The van der Waals surface area contributed by atoms with Crippen LogP contribution in [0.1, 0.15) is 32.1 Å². The molecule has 1 aromatic heterocycles. The summed E-state index contributed by atoms with van der Waals surface area (Å²) in [6.07, 6.45) is 7.35. The topological polar surface area (TPSA) is 67.3 Å². The second-order valence-corrected chi connectivity index (χ2v) is 7.21. The molecule has 130 valence electrons. The number of halogens is 1. The van der Waals surface area contributed by atoms with Crippen molar-refractivity contribution in [3.8, 4) is 0 Å². The van der Waals surface area contributed by atoms with Gasteiger partial charge in [-0.15, -0.1) is 0 Å². The fraction of sp³-hybridized carbons (Fsp3) is 0.706. The van der Waals surface area contributed by atoms with Gasteiger partial charge in [0.25, 0.3) is 0 Å². The van der Waals surface area contributed by atoms with Gasteiger partial charge in [-0.05, 0) is 37.5 Å². The molecule has 1 unspecified atom stereocenters. The lowest BCUT2D eigenvalue weighted by atomic mass is 9.69. The molecule has 2 aliphatic heterocycles. The third kappa shape index (κ3) is 3.09. The van der Waals surface area contributed by atoms with E-state index in [1.54, 1.807) is 0 Å². The standard InChI is InChI=1S/C17H23FN4O2/c18-13-9-19-16(20-10-13)22-6-3-17(4-7-22)5-8-24-11-14(17)21-15(23)12-1-2-12/h9-10,12,14H,1-8,11H2,(H,21,23). The van der Waals surface area contributed by atoms with E-state index in [9.17, 15) is 9.18 Å². The van der Waals surface area contributed by atoms with Crippen LogP contribution < -0.4 is 10.2 Å². The van der Waals surface area contributed by atoms with Gasteiger partial charge >= 0.3 is 0 Å². The second-order valence-electron chi connectivity index (χ2n) is 7.21. The molecule has 1 atom stereocenters. The molecule has 2 saturated heterocycles. The van der Waals surface area contributed by atoms with Crippen LogP contribution in [0.3, 0.4) is 0 Å². The lowest BCUT2D eigenvalue weighted by molar-refractivity contribution is -0.127. The molecule has 24 heavy (non-hydrogen) atoms. The van der Waals surface area contributed by atoms with Crippen molar-refractivity contribution in [1.29, 1.82) is 0 Å². The summed E-state index contributed by atoms with van der Waals surface area (Å²) in [7, 11) is 0. The Labute approximate surface area is 140 Å². The highest BCUT2D eigenvalue weighted by Gasteiger charge is 2.45. The van der Waals surface area contributed by atoms with E-state index >= 15 is 0 Å². The smallest absolute Gasteiger partial charge is 0.225 e. The summed E-state index contributed by atoms with van der Waals surface area (Å²) < 4.78 is 18.6. The molecule has 6 nitrogen and oxygen atoms in total. The van der Waals surface area contributed by atoms with Gasteiger partial charge in [0.15, 0.2) is 5.82 Å². The van der Waals surface area contributed by atoms with Crippen LogP contribution in [0.4, 0.5) is 10.3 Å².